The average molecular weight is 593 g/mol. The van der Waals surface area contributed by atoms with Gasteiger partial charge in [-0.25, -0.2) is 0 Å². The molecular formula is C32H57KN8. The third-order valence-corrected chi connectivity index (χ3v) is 13.8. The van der Waals surface area contributed by atoms with Crippen LogP contribution in [0.4, 0.5) is 0 Å². The van der Waals surface area contributed by atoms with Gasteiger partial charge in [-0.1, -0.05) is 51.4 Å². The zero-order valence-corrected chi connectivity index (χ0v) is 28.7. The Balaban J connectivity index is 0.00000144. The second-order valence-electron chi connectivity index (χ2n) is 15.6. The Bertz CT molecular complexity index is 723. The van der Waals surface area contributed by atoms with Gasteiger partial charge in [-0.05, 0) is 98.7 Å². The van der Waals surface area contributed by atoms with Crippen LogP contribution in [0.2, 0.25) is 0 Å². The first-order valence-electron chi connectivity index (χ1n) is 17.9. The molecule has 0 aromatic carbocycles. The molecule has 8 bridgehead atoms. The summed E-state index contributed by atoms with van der Waals surface area (Å²) < 4.78 is 0. The molecule has 0 radical (unpaired) electrons. The minimum absolute atomic E-state index is 0. The predicted octanol–water partition coefficient (Wildman–Crippen LogP) is -0.278. The van der Waals surface area contributed by atoms with Crippen molar-refractivity contribution in [3.63, 3.8) is 0 Å². The van der Waals surface area contributed by atoms with Gasteiger partial charge in [-0.2, -0.15) is 0 Å². The van der Waals surface area contributed by atoms with Crippen LogP contribution in [0.5, 0.6) is 0 Å². The molecule has 5 saturated heterocycles. The molecule has 9 fully saturated rings. The molecule has 0 aromatic heterocycles. The molecule has 8 unspecified atom stereocenters. The van der Waals surface area contributed by atoms with Gasteiger partial charge in [-0.3, -0.25) is 42.5 Å². The monoisotopic (exact) mass is 592 g/mol. The van der Waals surface area contributed by atoms with Gasteiger partial charge in [0.1, 0.15) is 0 Å². The van der Waals surface area contributed by atoms with Gasteiger partial charge >= 0.3 is 51.4 Å². The van der Waals surface area contributed by atoms with Gasteiger partial charge in [0.25, 0.3) is 0 Å². The number of nitrogens with one attached hydrogen (secondary N) is 8. The van der Waals surface area contributed by atoms with Crippen LogP contribution in [0.1, 0.15) is 104 Å². The van der Waals surface area contributed by atoms with Crippen LogP contribution in [0.25, 0.3) is 0 Å². The van der Waals surface area contributed by atoms with Crippen molar-refractivity contribution in [2.24, 2.45) is 47.3 Å². The third-order valence-electron chi connectivity index (χ3n) is 13.8. The van der Waals surface area contributed by atoms with E-state index >= 15 is 0 Å². The number of rotatable bonds is 0. The van der Waals surface area contributed by atoms with E-state index < -0.39 is 0 Å². The van der Waals surface area contributed by atoms with E-state index in [9.17, 15) is 0 Å². The Morgan fingerprint density at radius 1 is 0.244 bits per heavy atom. The van der Waals surface area contributed by atoms with Crippen molar-refractivity contribution in [2.75, 3.05) is 0 Å². The summed E-state index contributed by atoms with van der Waals surface area (Å²) in [5, 5.41) is 33.8. The van der Waals surface area contributed by atoms with Crippen molar-refractivity contribution in [2.45, 2.75) is 152 Å². The van der Waals surface area contributed by atoms with Crippen LogP contribution >= 0.6 is 0 Å². The molecule has 4 saturated carbocycles. The molecule has 8 atom stereocenters. The van der Waals surface area contributed by atoms with Crippen LogP contribution in [-0.4, -0.2) is 49.3 Å². The molecule has 9 heteroatoms. The van der Waals surface area contributed by atoms with E-state index in [4.69, 9.17) is 0 Å². The second kappa shape index (κ2) is 12.5. The molecular weight excluding hydrogens is 536 g/mol. The number of hydrogen-bond acceptors (Lipinski definition) is 8. The summed E-state index contributed by atoms with van der Waals surface area (Å²) >= 11 is 0. The Kier molecular flexibility index (Phi) is 9.05. The molecule has 4 aliphatic carbocycles. The minimum atomic E-state index is 0. The quantitative estimate of drug-likeness (QED) is 0.182. The zero-order chi connectivity index (χ0) is 26.2. The maximum absolute atomic E-state index is 4.26. The first kappa shape index (κ1) is 29.7. The van der Waals surface area contributed by atoms with Crippen molar-refractivity contribution in [1.29, 1.82) is 0 Å². The van der Waals surface area contributed by atoms with Crippen LogP contribution in [-0.2, 0) is 0 Å². The first-order valence-corrected chi connectivity index (χ1v) is 17.9. The summed E-state index contributed by atoms with van der Waals surface area (Å²) in [6.07, 6.45) is 25.6. The smallest absolute Gasteiger partial charge is 1.00 e. The largest absolute Gasteiger partial charge is 1.00 e. The summed E-state index contributed by atoms with van der Waals surface area (Å²) in [4.78, 5) is 0. The predicted molar refractivity (Wildman–Crippen MR) is 158 cm³/mol. The third kappa shape index (κ3) is 5.34. The van der Waals surface area contributed by atoms with Crippen molar-refractivity contribution in [1.82, 2.24) is 42.5 Å². The van der Waals surface area contributed by atoms with E-state index in [1.54, 1.807) is 0 Å². The molecule has 8 nitrogen and oxygen atoms in total. The van der Waals surface area contributed by atoms with Gasteiger partial charge in [0.2, 0.25) is 0 Å². The summed E-state index contributed by atoms with van der Waals surface area (Å²) in [5.74, 6) is 5.97. The molecule has 0 amide bonds. The standard InChI is InChI=1S/C32H56N8.K.H/c1-2-10-18-17(9-1)25-33-26(18)38-28-21-13-5-6-14-22(21)30(35-28)40-32-24-16-8-7-15-23(24)31(36-32)39-29-20-12-4-3-11-19(20)27(34-29)37-25;;/h17-40H,1-16H2;;/q;+1;-1. The zero-order valence-electron chi connectivity index (χ0n) is 26.6. The van der Waals surface area contributed by atoms with E-state index in [0.717, 1.165) is 47.3 Å². The number of fused-ring (bicyclic) bond motifs is 20. The number of hydrogen-bond donors (Lipinski definition) is 8. The molecule has 5 heterocycles. The Labute approximate surface area is 292 Å². The molecule has 9 rings (SSSR count). The van der Waals surface area contributed by atoms with Gasteiger partial charge in [0.15, 0.2) is 0 Å². The van der Waals surface area contributed by atoms with E-state index in [2.05, 4.69) is 42.5 Å². The van der Waals surface area contributed by atoms with Gasteiger partial charge < -0.3 is 1.43 Å². The SMILES string of the molecule is C1CCC2C3NC(NC4NC(NC5NC(NC6NC(N3)C3CCCCC63)C3CCCCC53)C3CCCCC43)C2C1.[H-].[K+]. The topological polar surface area (TPSA) is 96.2 Å². The fourth-order valence-electron chi connectivity index (χ4n) is 12.0. The fourth-order valence-corrected chi connectivity index (χ4v) is 12.0. The summed E-state index contributed by atoms with van der Waals surface area (Å²) in [6, 6.07) is 0. The van der Waals surface area contributed by atoms with Gasteiger partial charge in [0, 0.05) is 0 Å². The molecule has 0 aromatic rings. The summed E-state index contributed by atoms with van der Waals surface area (Å²) in [5.41, 5.74) is 0. The van der Waals surface area contributed by atoms with Crippen molar-refractivity contribution < 1.29 is 52.8 Å². The second-order valence-corrected chi connectivity index (χ2v) is 15.6. The maximum atomic E-state index is 4.26. The normalized spacial score (nSPS) is 56.2. The van der Waals surface area contributed by atoms with Crippen molar-refractivity contribution in [3.05, 3.63) is 0 Å². The van der Waals surface area contributed by atoms with E-state index in [0.29, 0.717) is 49.3 Å². The van der Waals surface area contributed by atoms with Crippen LogP contribution in [0.15, 0.2) is 0 Å². The van der Waals surface area contributed by atoms with Crippen LogP contribution < -0.4 is 93.9 Å². The Morgan fingerprint density at radius 3 is 0.488 bits per heavy atom. The van der Waals surface area contributed by atoms with E-state index in [-0.39, 0.29) is 52.8 Å². The van der Waals surface area contributed by atoms with Crippen LogP contribution in [0.3, 0.4) is 0 Å². The Morgan fingerprint density at radius 2 is 0.366 bits per heavy atom. The average Bonchev–Trinajstić information content (AvgIpc) is 3.73. The molecule has 41 heavy (non-hydrogen) atoms. The summed E-state index contributed by atoms with van der Waals surface area (Å²) in [7, 11) is 0. The Hall–Kier alpha value is 1.32. The van der Waals surface area contributed by atoms with E-state index in [1.807, 2.05) is 0 Å². The molecule has 0 spiro atoms. The minimum Gasteiger partial charge on any atom is -1.00 e. The van der Waals surface area contributed by atoms with Gasteiger partial charge in [-0.15, -0.1) is 0 Å². The van der Waals surface area contributed by atoms with Crippen LogP contribution in [0, 0.1) is 47.3 Å². The first-order chi connectivity index (χ1) is 19.8. The maximum Gasteiger partial charge on any atom is 1.00 e. The molecule has 8 N–H and O–H groups in total. The summed E-state index contributed by atoms with van der Waals surface area (Å²) in [6.45, 7) is 0. The van der Waals surface area contributed by atoms with Gasteiger partial charge in [0.05, 0.1) is 49.3 Å². The molecule has 9 aliphatic rings. The molecule has 5 aliphatic heterocycles. The molecule has 226 valence electrons. The van der Waals surface area contributed by atoms with Crippen molar-refractivity contribution >= 4 is 0 Å². The fraction of sp³-hybridized carbons (Fsp3) is 1.00. The van der Waals surface area contributed by atoms with E-state index in [1.165, 1.54) is 103 Å². The van der Waals surface area contributed by atoms with Crippen molar-refractivity contribution in [3.8, 4) is 0 Å².